The van der Waals surface area contributed by atoms with Crippen LogP contribution in [0, 0.1) is 13.8 Å². The molecule has 0 aliphatic carbocycles. The van der Waals surface area contributed by atoms with Gasteiger partial charge in [0.25, 0.3) is 10.0 Å². The molecule has 0 aliphatic heterocycles. The molecule has 0 spiro atoms. The number of nitrogens with two attached hydrogens (primary N) is 1. The quantitative estimate of drug-likeness (QED) is 0.450. The van der Waals surface area contributed by atoms with E-state index in [9.17, 15) is 13.2 Å². The molecular formula is C22H22N2O5S. The molecule has 0 saturated carbocycles. The van der Waals surface area contributed by atoms with Gasteiger partial charge < -0.3 is 15.2 Å². The highest BCUT2D eigenvalue weighted by molar-refractivity contribution is 7.92. The van der Waals surface area contributed by atoms with Crippen molar-refractivity contribution in [3.8, 4) is 11.5 Å². The predicted octanol–water partition coefficient (Wildman–Crippen LogP) is 4.27. The molecule has 3 aromatic rings. The largest absolute Gasteiger partial charge is 0.465 e. The van der Waals surface area contributed by atoms with Gasteiger partial charge in [-0.25, -0.2) is 13.2 Å². The minimum absolute atomic E-state index is 0.0258. The number of anilines is 2. The molecule has 0 aliphatic rings. The monoisotopic (exact) mass is 426 g/mol. The number of hydrogen-bond donors (Lipinski definition) is 2. The molecule has 30 heavy (non-hydrogen) atoms. The van der Waals surface area contributed by atoms with Gasteiger partial charge in [-0.1, -0.05) is 17.7 Å². The topological polar surface area (TPSA) is 108 Å². The van der Waals surface area contributed by atoms with Gasteiger partial charge in [0.1, 0.15) is 11.5 Å². The summed E-state index contributed by atoms with van der Waals surface area (Å²) >= 11 is 0. The minimum Gasteiger partial charge on any atom is -0.465 e. The fourth-order valence-corrected chi connectivity index (χ4v) is 3.80. The number of ether oxygens (including phenoxy) is 2. The Hall–Kier alpha value is -3.52. The summed E-state index contributed by atoms with van der Waals surface area (Å²) in [6.07, 6.45) is 0. The first-order valence-electron chi connectivity index (χ1n) is 9.05. The first-order valence-corrected chi connectivity index (χ1v) is 10.5. The smallest absolute Gasteiger partial charge is 0.340 e. The SMILES string of the molecule is COC(=O)c1cc(Oc2ccc(N)c(C)c2)ccc1NS(=O)(=O)c1ccc(C)cc1. The number of esters is 1. The summed E-state index contributed by atoms with van der Waals surface area (Å²) in [5, 5.41) is 0. The fraction of sp³-hybridized carbons (Fsp3) is 0.136. The maximum absolute atomic E-state index is 12.7. The van der Waals surface area contributed by atoms with Gasteiger partial charge in [-0.2, -0.15) is 0 Å². The second-order valence-corrected chi connectivity index (χ2v) is 8.42. The Morgan fingerprint density at radius 2 is 1.57 bits per heavy atom. The zero-order valence-electron chi connectivity index (χ0n) is 16.8. The van der Waals surface area contributed by atoms with E-state index in [1.165, 1.54) is 31.4 Å². The van der Waals surface area contributed by atoms with Crippen molar-refractivity contribution >= 4 is 27.4 Å². The summed E-state index contributed by atoms with van der Waals surface area (Å²) in [5.74, 6) is 0.180. The first-order chi connectivity index (χ1) is 14.2. The molecule has 3 N–H and O–H groups in total. The third-order valence-corrected chi connectivity index (χ3v) is 5.83. The average molecular weight is 426 g/mol. The number of nitrogens with one attached hydrogen (secondary N) is 1. The molecule has 156 valence electrons. The van der Waals surface area contributed by atoms with Gasteiger partial charge in [0.15, 0.2) is 0 Å². The maximum Gasteiger partial charge on any atom is 0.340 e. The van der Waals surface area contributed by atoms with Crippen LogP contribution in [-0.4, -0.2) is 21.5 Å². The second kappa shape index (κ2) is 8.46. The summed E-state index contributed by atoms with van der Waals surface area (Å²) in [6.45, 7) is 3.71. The van der Waals surface area contributed by atoms with Crippen LogP contribution in [-0.2, 0) is 14.8 Å². The number of methoxy groups -OCH3 is 1. The zero-order chi connectivity index (χ0) is 21.9. The van der Waals surface area contributed by atoms with Gasteiger partial charge in [0, 0.05) is 5.69 Å². The molecule has 0 unspecified atom stereocenters. The van der Waals surface area contributed by atoms with Crippen molar-refractivity contribution in [2.45, 2.75) is 18.7 Å². The lowest BCUT2D eigenvalue weighted by Crippen LogP contribution is -2.16. The van der Waals surface area contributed by atoms with E-state index in [0.717, 1.165) is 11.1 Å². The van der Waals surface area contributed by atoms with Gasteiger partial charge in [0.05, 0.1) is 23.3 Å². The van der Waals surface area contributed by atoms with Crippen molar-refractivity contribution in [3.63, 3.8) is 0 Å². The van der Waals surface area contributed by atoms with Crippen LogP contribution in [0.5, 0.6) is 11.5 Å². The molecule has 3 aromatic carbocycles. The maximum atomic E-state index is 12.7. The number of benzene rings is 3. The fourth-order valence-electron chi connectivity index (χ4n) is 2.72. The van der Waals surface area contributed by atoms with Crippen molar-refractivity contribution < 1.29 is 22.7 Å². The number of nitrogen functional groups attached to an aromatic ring is 1. The molecule has 0 amide bonds. The summed E-state index contributed by atoms with van der Waals surface area (Å²) in [5.41, 5.74) is 8.35. The first kappa shape index (κ1) is 21.2. The van der Waals surface area contributed by atoms with E-state index in [0.29, 0.717) is 17.2 Å². The summed E-state index contributed by atoms with van der Waals surface area (Å²) in [6, 6.07) is 16.0. The predicted molar refractivity (Wildman–Crippen MR) is 115 cm³/mol. The Morgan fingerprint density at radius 3 is 2.20 bits per heavy atom. The van der Waals surface area contributed by atoms with Crippen LogP contribution in [0.1, 0.15) is 21.5 Å². The van der Waals surface area contributed by atoms with Gasteiger partial charge in [-0.15, -0.1) is 0 Å². The number of carbonyl (C=O) groups is 1. The Balaban J connectivity index is 1.93. The Labute approximate surface area is 175 Å². The Bertz CT molecular complexity index is 1190. The number of sulfonamides is 1. The highest BCUT2D eigenvalue weighted by Crippen LogP contribution is 2.30. The molecule has 8 heteroatoms. The number of aryl methyl sites for hydroxylation is 2. The van der Waals surface area contributed by atoms with E-state index >= 15 is 0 Å². The number of carbonyl (C=O) groups excluding carboxylic acids is 1. The lowest BCUT2D eigenvalue weighted by molar-refractivity contribution is 0.0601. The van der Waals surface area contributed by atoms with Crippen LogP contribution in [0.15, 0.2) is 65.6 Å². The van der Waals surface area contributed by atoms with Crippen LogP contribution < -0.4 is 15.2 Å². The van der Waals surface area contributed by atoms with Crippen LogP contribution in [0.25, 0.3) is 0 Å². The van der Waals surface area contributed by atoms with E-state index in [1.54, 1.807) is 36.4 Å². The van der Waals surface area contributed by atoms with Gasteiger partial charge >= 0.3 is 5.97 Å². The second-order valence-electron chi connectivity index (χ2n) is 6.74. The molecule has 7 nitrogen and oxygen atoms in total. The summed E-state index contributed by atoms with van der Waals surface area (Å²) in [7, 11) is -2.67. The van der Waals surface area contributed by atoms with Crippen LogP contribution in [0.4, 0.5) is 11.4 Å². The minimum atomic E-state index is -3.89. The van der Waals surface area contributed by atoms with Crippen molar-refractivity contribution in [2.75, 3.05) is 17.6 Å². The normalized spacial score (nSPS) is 11.0. The third kappa shape index (κ3) is 4.72. The third-order valence-electron chi connectivity index (χ3n) is 4.45. The molecule has 0 heterocycles. The molecule has 0 fully saturated rings. The summed E-state index contributed by atoms with van der Waals surface area (Å²) < 4.78 is 38.5. The van der Waals surface area contributed by atoms with Crippen LogP contribution in [0.3, 0.4) is 0 Å². The molecule has 0 bridgehead atoms. The highest BCUT2D eigenvalue weighted by atomic mass is 32.2. The standard InChI is InChI=1S/C22H22N2O5S/c1-14-4-8-18(9-5-14)30(26,27)24-21-11-7-17(13-19(21)22(25)28-3)29-16-6-10-20(23)15(2)12-16/h4-13,24H,23H2,1-3H3. The molecule has 0 saturated heterocycles. The van der Waals surface area contributed by atoms with Crippen LogP contribution in [0.2, 0.25) is 0 Å². The zero-order valence-corrected chi connectivity index (χ0v) is 17.6. The molecule has 0 radical (unpaired) electrons. The van der Waals surface area contributed by atoms with E-state index < -0.39 is 16.0 Å². The highest BCUT2D eigenvalue weighted by Gasteiger charge is 2.20. The molecule has 0 atom stereocenters. The van der Waals surface area contributed by atoms with Crippen molar-refractivity contribution in [2.24, 2.45) is 0 Å². The summed E-state index contributed by atoms with van der Waals surface area (Å²) in [4.78, 5) is 12.4. The van der Waals surface area contributed by atoms with Gasteiger partial charge in [-0.05, 0) is 67.9 Å². The molecule has 3 rings (SSSR count). The van der Waals surface area contributed by atoms with Crippen LogP contribution >= 0.6 is 0 Å². The van der Waals surface area contributed by atoms with E-state index in [4.69, 9.17) is 15.2 Å². The van der Waals surface area contributed by atoms with E-state index in [1.807, 2.05) is 13.8 Å². The average Bonchev–Trinajstić information content (AvgIpc) is 2.71. The Morgan fingerprint density at radius 1 is 0.933 bits per heavy atom. The lowest BCUT2D eigenvalue weighted by Gasteiger charge is -2.14. The van der Waals surface area contributed by atoms with Crippen molar-refractivity contribution in [3.05, 3.63) is 77.4 Å². The Kier molecular flexibility index (Phi) is 5.98. The van der Waals surface area contributed by atoms with E-state index in [-0.39, 0.29) is 16.1 Å². The van der Waals surface area contributed by atoms with E-state index in [2.05, 4.69) is 4.72 Å². The number of rotatable bonds is 6. The number of hydrogen-bond acceptors (Lipinski definition) is 6. The lowest BCUT2D eigenvalue weighted by atomic mass is 10.1. The van der Waals surface area contributed by atoms with Crippen molar-refractivity contribution in [1.82, 2.24) is 0 Å². The molecule has 0 aromatic heterocycles. The molecular weight excluding hydrogens is 404 g/mol. The van der Waals surface area contributed by atoms with Gasteiger partial charge in [-0.3, -0.25) is 4.72 Å². The van der Waals surface area contributed by atoms with Gasteiger partial charge in [0.2, 0.25) is 0 Å². The van der Waals surface area contributed by atoms with Crippen molar-refractivity contribution in [1.29, 1.82) is 0 Å².